The first-order chi connectivity index (χ1) is 13.8. The zero-order chi connectivity index (χ0) is 22.6. The minimum Gasteiger partial charge on any atom is -0.453 e. The summed E-state index contributed by atoms with van der Waals surface area (Å²) >= 11 is 0. The quantitative estimate of drug-likeness (QED) is 0.429. The summed E-state index contributed by atoms with van der Waals surface area (Å²) in [6.07, 6.45) is -2.95. The first-order valence-electron chi connectivity index (χ1n) is 8.56. The second-order valence-corrected chi connectivity index (χ2v) is 4.93. The summed E-state index contributed by atoms with van der Waals surface area (Å²) in [5, 5.41) is 2.11. The SMILES string of the molecule is C=C.CC.CN=C(Nn1cccc1C)c1cnc(NC(=O)OC)cc1C(F)(F)F. The Morgan fingerprint density at radius 1 is 1.31 bits per heavy atom. The lowest BCUT2D eigenvalue weighted by molar-refractivity contribution is -0.137. The van der Waals surface area contributed by atoms with Crippen molar-refractivity contribution in [1.82, 2.24) is 9.66 Å². The van der Waals surface area contributed by atoms with Crippen LogP contribution in [-0.2, 0) is 10.9 Å². The van der Waals surface area contributed by atoms with E-state index in [0.717, 1.165) is 25.1 Å². The van der Waals surface area contributed by atoms with Crippen molar-refractivity contribution in [3.8, 4) is 0 Å². The van der Waals surface area contributed by atoms with Crippen LogP contribution in [0.4, 0.5) is 23.8 Å². The van der Waals surface area contributed by atoms with Gasteiger partial charge in [0.05, 0.1) is 12.7 Å². The highest BCUT2D eigenvalue weighted by Gasteiger charge is 2.35. The Kier molecular flexibility index (Phi) is 10.8. The maximum atomic E-state index is 13.4. The Bertz CT molecular complexity index is 816. The fourth-order valence-electron chi connectivity index (χ4n) is 2.04. The zero-order valence-electron chi connectivity index (χ0n) is 17.1. The van der Waals surface area contributed by atoms with Crippen LogP contribution in [0.3, 0.4) is 0 Å². The lowest BCUT2D eigenvalue weighted by Gasteiger charge is -2.17. The van der Waals surface area contributed by atoms with E-state index in [1.54, 1.807) is 25.3 Å². The van der Waals surface area contributed by atoms with Crippen molar-refractivity contribution in [2.45, 2.75) is 26.9 Å². The number of hydrogen-bond donors (Lipinski definition) is 2. The minimum absolute atomic E-state index is 0.0243. The summed E-state index contributed by atoms with van der Waals surface area (Å²) < 4.78 is 46.2. The normalized spacial score (nSPS) is 10.7. The number of hydrogen-bond acceptors (Lipinski definition) is 4. The molecule has 29 heavy (non-hydrogen) atoms. The molecule has 2 N–H and O–H groups in total. The molecule has 1 amide bonds. The van der Waals surface area contributed by atoms with Crippen LogP contribution in [0, 0.1) is 6.92 Å². The number of alkyl halides is 3. The van der Waals surface area contributed by atoms with Gasteiger partial charge < -0.3 is 4.74 Å². The van der Waals surface area contributed by atoms with Gasteiger partial charge in [0.15, 0.2) is 0 Å². The van der Waals surface area contributed by atoms with Gasteiger partial charge in [-0.25, -0.2) is 9.78 Å². The van der Waals surface area contributed by atoms with Gasteiger partial charge in [0.2, 0.25) is 0 Å². The molecule has 0 atom stereocenters. The average Bonchev–Trinajstić information content (AvgIpc) is 3.13. The third-order valence-electron chi connectivity index (χ3n) is 3.28. The number of amides is 1. The Morgan fingerprint density at radius 2 is 1.93 bits per heavy atom. The Labute approximate surface area is 168 Å². The summed E-state index contributed by atoms with van der Waals surface area (Å²) in [6.45, 7) is 11.8. The van der Waals surface area contributed by atoms with Gasteiger partial charge in [-0.1, -0.05) is 13.8 Å². The van der Waals surface area contributed by atoms with Gasteiger partial charge in [0.25, 0.3) is 0 Å². The van der Waals surface area contributed by atoms with Gasteiger partial charge in [0, 0.05) is 30.7 Å². The third-order valence-corrected chi connectivity index (χ3v) is 3.28. The lowest BCUT2D eigenvalue weighted by atomic mass is 10.1. The highest BCUT2D eigenvalue weighted by atomic mass is 19.4. The number of aromatic nitrogens is 2. The van der Waals surface area contributed by atoms with Crippen LogP contribution >= 0.6 is 0 Å². The molecule has 0 radical (unpaired) electrons. The number of carbonyl (C=O) groups is 1. The molecule has 0 bridgehead atoms. The fraction of sp³-hybridized carbons (Fsp3) is 0.316. The van der Waals surface area contributed by atoms with Gasteiger partial charge >= 0.3 is 12.3 Å². The van der Waals surface area contributed by atoms with Crippen LogP contribution in [0.15, 0.2) is 48.7 Å². The molecule has 7 nitrogen and oxygen atoms in total. The number of methoxy groups -OCH3 is 1. The van der Waals surface area contributed by atoms with Crippen LogP contribution in [0.1, 0.15) is 30.7 Å². The summed E-state index contributed by atoms with van der Waals surface area (Å²) in [4.78, 5) is 18.9. The number of halogens is 3. The number of aliphatic imine (C=N–C) groups is 1. The van der Waals surface area contributed by atoms with Crippen LogP contribution in [0.2, 0.25) is 0 Å². The molecular weight excluding hydrogens is 387 g/mol. The molecule has 2 aromatic rings. The van der Waals surface area contributed by atoms with E-state index < -0.39 is 17.8 Å². The summed E-state index contributed by atoms with van der Waals surface area (Å²) in [6, 6.07) is 4.25. The van der Waals surface area contributed by atoms with Crippen molar-refractivity contribution in [3.63, 3.8) is 0 Å². The molecule has 2 rings (SSSR count). The number of nitrogens with one attached hydrogen (secondary N) is 2. The van der Waals surface area contributed by atoms with Crippen LogP contribution in [0.5, 0.6) is 0 Å². The Morgan fingerprint density at radius 3 is 2.38 bits per heavy atom. The maximum Gasteiger partial charge on any atom is 0.417 e. The standard InChI is InChI=1S/C15H16F3N5O2.C2H6.C2H4/c1-9-5-4-6-23(9)22-13(19-2)10-8-20-12(21-14(24)25-3)7-11(10)15(16,17)18;2*1-2/h4-8H,1-3H3,(H,19,22)(H,20,21,24);1-2H3;1-2H2. The molecule has 2 aromatic heterocycles. The minimum atomic E-state index is -4.67. The highest BCUT2D eigenvalue weighted by Crippen LogP contribution is 2.33. The molecule has 0 aromatic carbocycles. The van der Waals surface area contributed by atoms with Gasteiger partial charge in [-0.2, -0.15) is 13.2 Å². The van der Waals surface area contributed by atoms with E-state index in [1.165, 1.54) is 11.7 Å². The molecule has 160 valence electrons. The van der Waals surface area contributed by atoms with E-state index in [2.05, 4.69) is 38.6 Å². The van der Waals surface area contributed by atoms with Crippen molar-refractivity contribution < 1.29 is 22.7 Å². The fourth-order valence-corrected chi connectivity index (χ4v) is 2.04. The molecule has 0 saturated carbocycles. The van der Waals surface area contributed by atoms with Crippen molar-refractivity contribution >= 4 is 17.7 Å². The van der Waals surface area contributed by atoms with E-state index in [0.29, 0.717) is 0 Å². The molecule has 0 aliphatic rings. The van der Waals surface area contributed by atoms with Crippen molar-refractivity contribution in [2.75, 3.05) is 24.9 Å². The van der Waals surface area contributed by atoms with E-state index >= 15 is 0 Å². The highest BCUT2D eigenvalue weighted by molar-refractivity contribution is 6.05. The van der Waals surface area contributed by atoms with Crippen molar-refractivity contribution in [2.24, 2.45) is 4.99 Å². The molecule has 0 saturated heterocycles. The van der Waals surface area contributed by atoms with Crippen LogP contribution < -0.4 is 10.7 Å². The second kappa shape index (κ2) is 12.2. The van der Waals surface area contributed by atoms with E-state index in [-0.39, 0.29) is 17.2 Å². The molecule has 0 fully saturated rings. The number of anilines is 1. The van der Waals surface area contributed by atoms with Crippen molar-refractivity contribution in [1.29, 1.82) is 0 Å². The predicted octanol–water partition coefficient (Wildman–Crippen LogP) is 4.84. The van der Waals surface area contributed by atoms with E-state index in [1.807, 2.05) is 13.8 Å². The first kappa shape index (κ1) is 25.7. The van der Waals surface area contributed by atoms with Gasteiger partial charge in [-0.05, 0) is 25.1 Å². The van der Waals surface area contributed by atoms with Gasteiger partial charge in [-0.3, -0.25) is 20.4 Å². The monoisotopic (exact) mass is 413 g/mol. The predicted molar refractivity (Wildman–Crippen MR) is 109 cm³/mol. The summed E-state index contributed by atoms with van der Waals surface area (Å²) in [7, 11) is 2.46. The number of ether oxygens (including phenoxy) is 1. The average molecular weight is 413 g/mol. The molecule has 2 heterocycles. The largest absolute Gasteiger partial charge is 0.453 e. The molecule has 0 aliphatic heterocycles. The number of nitrogens with zero attached hydrogens (tertiary/aromatic N) is 3. The Hall–Kier alpha value is -3.30. The number of amidine groups is 1. The number of aryl methyl sites for hydroxylation is 1. The molecular formula is C19H26F3N5O2. The molecule has 0 unspecified atom stereocenters. The summed E-state index contributed by atoms with van der Waals surface area (Å²) in [5.74, 6) is -0.306. The number of rotatable bonds is 3. The lowest BCUT2D eigenvalue weighted by Crippen LogP contribution is -2.27. The van der Waals surface area contributed by atoms with Gasteiger partial charge in [0.1, 0.15) is 11.7 Å². The van der Waals surface area contributed by atoms with Crippen molar-refractivity contribution in [3.05, 3.63) is 60.6 Å². The molecule has 10 heteroatoms. The van der Waals surface area contributed by atoms with E-state index in [4.69, 9.17) is 0 Å². The number of pyridine rings is 1. The molecule has 0 aliphatic carbocycles. The van der Waals surface area contributed by atoms with Crippen LogP contribution in [0.25, 0.3) is 0 Å². The first-order valence-corrected chi connectivity index (χ1v) is 8.56. The maximum absolute atomic E-state index is 13.4. The zero-order valence-corrected chi connectivity index (χ0v) is 17.1. The smallest absolute Gasteiger partial charge is 0.417 e. The molecule has 0 spiro atoms. The third kappa shape index (κ3) is 7.32. The summed E-state index contributed by atoms with van der Waals surface area (Å²) in [5.41, 5.74) is 2.33. The van der Waals surface area contributed by atoms with Gasteiger partial charge in [-0.15, -0.1) is 13.2 Å². The van der Waals surface area contributed by atoms with Crippen LogP contribution in [-0.4, -0.2) is 35.7 Å². The topological polar surface area (TPSA) is 80.5 Å². The Balaban J connectivity index is 0.00000184. The van der Waals surface area contributed by atoms with E-state index in [9.17, 15) is 18.0 Å². The second-order valence-electron chi connectivity index (χ2n) is 4.93. The number of carbonyl (C=O) groups excluding carboxylic acids is 1.